The molecule has 31 heavy (non-hydrogen) atoms. The van der Waals surface area contributed by atoms with E-state index in [1.807, 2.05) is 38.9 Å². The molecule has 6 nitrogen and oxygen atoms in total. The van der Waals surface area contributed by atoms with E-state index in [0.717, 1.165) is 21.3 Å². The van der Waals surface area contributed by atoms with Crippen molar-refractivity contribution in [3.8, 4) is 0 Å². The number of halogens is 1. The molecule has 1 amide bonds. The molecule has 3 aromatic rings. The molecule has 168 valence electrons. The van der Waals surface area contributed by atoms with Crippen LogP contribution in [0.2, 0.25) is 0 Å². The Balaban J connectivity index is 0.00000341. The first-order valence-electron chi connectivity index (χ1n) is 9.80. The van der Waals surface area contributed by atoms with Gasteiger partial charge < -0.3 is 4.90 Å². The molecule has 0 radical (unpaired) electrons. The summed E-state index contributed by atoms with van der Waals surface area (Å²) in [6.07, 6.45) is 0. The predicted octanol–water partition coefficient (Wildman–Crippen LogP) is 4.34. The molecule has 0 unspecified atom stereocenters. The van der Waals surface area contributed by atoms with E-state index < -0.39 is 9.84 Å². The number of fused-ring (bicyclic) bond motifs is 1. The number of aryl methyl sites for hydroxylation is 2. The van der Waals surface area contributed by atoms with Crippen LogP contribution in [-0.4, -0.2) is 57.1 Å². The lowest BCUT2D eigenvalue weighted by molar-refractivity contribution is 0.0982. The number of thiazole rings is 1. The number of hydrogen-bond donors (Lipinski definition) is 0. The van der Waals surface area contributed by atoms with Crippen molar-refractivity contribution in [2.24, 2.45) is 0 Å². The third kappa shape index (κ3) is 5.44. The molecule has 0 saturated carbocycles. The fourth-order valence-electron chi connectivity index (χ4n) is 3.28. The van der Waals surface area contributed by atoms with E-state index in [1.54, 1.807) is 30.0 Å². The van der Waals surface area contributed by atoms with Crippen LogP contribution in [0.25, 0.3) is 10.2 Å². The molecule has 0 saturated heterocycles. The minimum atomic E-state index is -3.53. The number of carbonyl (C=O) groups is 1. The van der Waals surface area contributed by atoms with Gasteiger partial charge in [0.25, 0.3) is 5.91 Å². The first kappa shape index (κ1) is 25.3. The third-order valence-corrected chi connectivity index (χ3v) is 7.90. The molecular weight excluding hydrogens is 454 g/mol. The third-order valence-electron chi connectivity index (χ3n) is 4.89. The van der Waals surface area contributed by atoms with Crippen molar-refractivity contribution < 1.29 is 13.2 Å². The maximum absolute atomic E-state index is 13.6. The number of anilines is 1. The van der Waals surface area contributed by atoms with Gasteiger partial charge >= 0.3 is 0 Å². The number of amides is 1. The Morgan fingerprint density at radius 3 is 2.42 bits per heavy atom. The van der Waals surface area contributed by atoms with Crippen molar-refractivity contribution >= 4 is 54.8 Å². The van der Waals surface area contributed by atoms with E-state index in [1.165, 1.54) is 17.4 Å². The van der Waals surface area contributed by atoms with Gasteiger partial charge in [0.15, 0.2) is 15.0 Å². The minimum Gasteiger partial charge on any atom is -0.308 e. The summed E-state index contributed by atoms with van der Waals surface area (Å²) in [5.41, 5.74) is 3.26. The Kier molecular flexibility index (Phi) is 8.21. The lowest BCUT2D eigenvalue weighted by Crippen LogP contribution is -2.37. The quantitative estimate of drug-likeness (QED) is 0.502. The molecule has 0 aliphatic rings. The monoisotopic (exact) mass is 481 g/mol. The second-order valence-corrected chi connectivity index (χ2v) is 10.8. The Labute approximate surface area is 194 Å². The highest BCUT2D eigenvalue weighted by molar-refractivity contribution is 7.91. The highest BCUT2D eigenvalue weighted by Gasteiger charge is 2.27. The van der Waals surface area contributed by atoms with Gasteiger partial charge in [0.1, 0.15) is 0 Å². The molecule has 1 heterocycles. The number of aromatic nitrogens is 1. The van der Waals surface area contributed by atoms with Crippen molar-refractivity contribution in [3.05, 3.63) is 53.1 Å². The van der Waals surface area contributed by atoms with Gasteiger partial charge in [0.2, 0.25) is 0 Å². The second-order valence-electron chi connectivity index (χ2n) is 7.59. The van der Waals surface area contributed by atoms with Gasteiger partial charge in [-0.25, -0.2) is 13.4 Å². The summed E-state index contributed by atoms with van der Waals surface area (Å²) in [6, 6.07) is 10.5. The van der Waals surface area contributed by atoms with Gasteiger partial charge in [-0.05, 0) is 57.3 Å². The van der Waals surface area contributed by atoms with Crippen molar-refractivity contribution in [3.63, 3.8) is 0 Å². The summed E-state index contributed by atoms with van der Waals surface area (Å²) in [5.74, 6) is -0.410. The molecule has 0 atom stereocenters. The van der Waals surface area contributed by atoms with Crippen LogP contribution in [0, 0.1) is 13.8 Å². The average molecular weight is 482 g/mol. The second kappa shape index (κ2) is 10.1. The predicted molar refractivity (Wildman–Crippen MR) is 131 cm³/mol. The zero-order valence-electron chi connectivity index (χ0n) is 18.4. The van der Waals surface area contributed by atoms with E-state index >= 15 is 0 Å². The fourth-order valence-corrected chi connectivity index (χ4v) is 5.41. The highest BCUT2D eigenvalue weighted by Crippen LogP contribution is 2.33. The fraction of sp³-hybridized carbons (Fsp3) is 0.364. The molecule has 3 rings (SSSR count). The summed E-state index contributed by atoms with van der Waals surface area (Å²) in [5, 5.41) is 0.578. The SMILES string of the molecule is CCS(=O)(=O)c1ccccc1C(=O)N(CCN(C)C)c1nc2cc(C)cc(C)c2s1.Cl. The van der Waals surface area contributed by atoms with E-state index in [0.29, 0.717) is 18.2 Å². The molecule has 0 spiro atoms. The van der Waals surface area contributed by atoms with Crippen LogP contribution < -0.4 is 4.90 Å². The highest BCUT2D eigenvalue weighted by atomic mass is 35.5. The average Bonchev–Trinajstić information content (AvgIpc) is 3.11. The van der Waals surface area contributed by atoms with E-state index in [2.05, 4.69) is 6.07 Å². The van der Waals surface area contributed by atoms with Crippen molar-refractivity contribution in [2.45, 2.75) is 25.7 Å². The Hall–Kier alpha value is -2.00. The van der Waals surface area contributed by atoms with E-state index in [9.17, 15) is 13.2 Å². The number of carbonyl (C=O) groups excluding carboxylic acids is 1. The number of sulfone groups is 1. The van der Waals surface area contributed by atoms with Crippen molar-refractivity contribution in [2.75, 3.05) is 37.8 Å². The maximum atomic E-state index is 13.6. The number of likely N-dealkylation sites (N-methyl/N-ethyl adjacent to an activating group) is 1. The van der Waals surface area contributed by atoms with Crippen molar-refractivity contribution in [1.82, 2.24) is 9.88 Å². The lowest BCUT2D eigenvalue weighted by atomic mass is 10.1. The molecule has 0 aliphatic heterocycles. The molecule has 0 fully saturated rings. The topological polar surface area (TPSA) is 70.6 Å². The zero-order valence-corrected chi connectivity index (χ0v) is 20.8. The van der Waals surface area contributed by atoms with Crippen LogP contribution in [0.1, 0.15) is 28.4 Å². The first-order valence-corrected chi connectivity index (χ1v) is 12.3. The van der Waals surface area contributed by atoms with Gasteiger partial charge in [-0.1, -0.05) is 36.5 Å². The van der Waals surface area contributed by atoms with Crippen LogP contribution in [-0.2, 0) is 9.84 Å². The van der Waals surface area contributed by atoms with E-state index in [4.69, 9.17) is 4.98 Å². The summed E-state index contributed by atoms with van der Waals surface area (Å²) in [7, 11) is 0.336. The van der Waals surface area contributed by atoms with E-state index in [-0.39, 0.29) is 34.5 Å². The standard InChI is InChI=1S/C22H27N3O3S2.ClH/c1-6-30(27,28)19-10-8-7-9-17(19)21(26)25(12-11-24(4)5)22-23-18-14-15(2)13-16(3)20(18)29-22;/h7-10,13-14H,6,11-12H2,1-5H3;1H. The number of hydrogen-bond acceptors (Lipinski definition) is 6. The first-order chi connectivity index (χ1) is 14.1. The van der Waals surface area contributed by atoms with Gasteiger partial charge in [-0.15, -0.1) is 12.4 Å². The minimum absolute atomic E-state index is 0. The molecule has 1 aromatic heterocycles. The normalized spacial score (nSPS) is 11.5. The van der Waals surface area contributed by atoms with Crippen LogP contribution >= 0.6 is 23.7 Å². The Morgan fingerprint density at radius 2 is 1.77 bits per heavy atom. The molecule has 0 aliphatic carbocycles. The van der Waals surface area contributed by atoms with Gasteiger partial charge in [0, 0.05) is 13.1 Å². The number of nitrogens with zero attached hydrogens (tertiary/aromatic N) is 3. The summed E-state index contributed by atoms with van der Waals surface area (Å²) >= 11 is 1.46. The Morgan fingerprint density at radius 1 is 1.10 bits per heavy atom. The largest absolute Gasteiger partial charge is 0.308 e. The smallest absolute Gasteiger partial charge is 0.261 e. The molecule has 0 N–H and O–H groups in total. The van der Waals surface area contributed by atoms with Gasteiger partial charge in [-0.2, -0.15) is 0 Å². The van der Waals surface area contributed by atoms with Crippen LogP contribution in [0.5, 0.6) is 0 Å². The van der Waals surface area contributed by atoms with Gasteiger partial charge in [0.05, 0.1) is 26.4 Å². The summed E-state index contributed by atoms with van der Waals surface area (Å²) in [4.78, 5) is 22.0. The molecule has 0 bridgehead atoms. The summed E-state index contributed by atoms with van der Waals surface area (Å²) < 4.78 is 26.2. The number of rotatable bonds is 7. The van der Waals surface area contributed by atoms with Crippen LogP contribution in [0.4, 0.5) is 5.13 Å². The summed E-state index contributed by atoms with van der Waals surface area (Å²) in [6.45, 7) is 6.67. The lowest BCUT2D eigenvalue weighted by Gasteiger charge is -2.23. The maximum Gasteiger partial charge on any atom is 0.261 e. The van der Waals surface area contributed by atoms with Crippen molar-refractivity contribution in [1.29, 1.82) is 0 Å². The molecular formula is C22H28ClN3O3S2. The number of benzene rings is 2. The zero-order chi connectivity index (χ0) is 22.1. The molecule has 2 aromatic carbocycles. The van der Waals surface area contributed by atoms with Crippen LogP contribution in [0.3, 0.4) is 0 Å². The molecule has 9 heteroatoms. The van der Waals surface area contributed by atoms with Gasteiger partial charge in [-0.3, -0.25) is 9.69 Å². The Bertz CT molecular complexity index is 1190. The van der Waals surface area contributed by atoms with Crippen LogP contribution in [0.15, 0.2) is 41.3 Å².